The molecule has 0 bridgehead atoms. The van der Waals surface area contributed by atoms with Crippen LogP contribution in [0.25, 0.3) is 10.6 Å². The number of thiophene rings is 1. The van der Waals surface area contributed by atoms with Gasteiger partial charge in [0.2, 0.25) is 5.91 Å². The number of thioether (sulfide) groups is 1. The van der Waals surface area contributed by atoms with E-state index in [-0.39, 0.29) is 11.6 Å². The Morgan fingerprint density at radius 3 is 2.78 bits per heavy atom. The van der Waals surface area contributed by atoms with Gasteiger partial charge in [-0.3, -0.25) is 14.9 Å². The van der Waals surface area contributed by atoms with Gasteiger partial charge in [-0.05, 0) is 17.7 Å². The molecule has 0 aliphatic heterocycles. The van der Waals surface area contributed by atoms with Gasteiger partial charge in [0, 0.05) is 23.6 Å². The van der Waals surface area contributed by atoms with E-state index >= 15 is 0 Å². The molecular formula is C18H17N3O3S3. The van der Waals surface area contributed by atoms with E-state index in [1.165, 1.54) is 39.7 Å². The van der Waals surface area contributed by atoms with Crippen molar-refractivity contribution in [3.05, 3.63) is 62.8 Å². The van der Waals surface area contributed by atoms with Crippen molar-refractivity contribution in [2.45, 2.75) is 18.6 Å². The summed E-state index contributed by atoms with van der Waals surface area (Å²) in [6.45, 7) is 0. The van der Waals surface area contributed by atoms with Gasteiger partial charge in [-0.25, -0.2) is 4.98 Å². The molecule has 2 heterocycles. The fourth-order valence-corrected chi connectivity index (χ4v) is 4.82. The quantitative estimate of drug-likeness (QED) is 0.284. The highest BCUT2D eigenvalue weighted by atomic mass is 32.2. The molecule has 6 nitrogen and oxygen atoms in total. The van der Waals surface area contributed by atoms with Crippen molar-refractivity contribution in [1.82, 2.24) is 4.98 Å². The Morgan fingerprint density at radius 1 is 1.22 bits per heavy atom. The van der Waals surface area contributed by atoms with E-state index in [9.17, 15) is 14.9 Å². The minimum atomic E-state index is -0.426. The van der Waals surface area contributed by atoms with Crippen LogP contribution < -0.4 is 5.32 Å². The summed E-state index contributed by atoms with van der Waals surface area (Å²) in [5, 5.41) is 17.4. The van der Waals surface area contributed by atoms with Crippen LogP contribution in [-0.2, 0) is 10.5 Å². The zero-order valence-corrected chi connectivity index (χ0v) is 16.7. The van der Waals surface area contributed by atoms with Crippen LogP contribution >= 0.6 is 34.4 Å². The predicted molar refractivity (Wildman–Crippen MR) is 113 cm³/mol. The second-order valence-electron chi connectivity index (χ2n) is 5.65. The summed E-state index contributed by atoms with van der Waals surface area (Å²) in [6, 6.07) is 11.8. The number of hydrogen-bond donors (Lipinski definition) is 1. The molecule has 0 aliphatic carbocycles. The molecule has 1 aromatic carbocycles. The van der Waals surface area contributed by atoms with Crippen LogP contribution in [0.4, 0.5) is 10.8 Å². The maximum absolute atomic E-state index is 12.0. The third-order valence-corrected chi connectivity index (χ3v) is 6.42. The van der Waals surface area contributed by atoms with Crippen LogP contribution in [0.3, 0.4) is 0 Å². The zero-order valence-electron chi connectivity index (χ0n) is 14.3. The van der Waals surface area contributed by atoms with Crippen molar-refractivity contribution in [3.8, 4) is 10.6 Å². The molecule has 0 saturated carbocycles. The minimum absolute atomic E-state index is 0.0570. The molecule has 27 heavy (non-hydrogen) atoms. The van der Waals surface area contributed by atoms with Gasteiger partial charge < -0.3 is 5.32 Å². The van der Waals surface area contributed by atoms with Crippen molar-refractivity contribution in [3.63, 3.8) is 0 Å². The number of amides is 1. The zero-order chi connectivity index (χ0) is 19.1. The number of hydrogen-bond acceptors (Lipinski definition) is 7. The summed E-state index contributed by atoms with van der Waals surface area (Å²) < 4.78 is 0. The highest BCUT2D eigenvalue weighted by molar-refractivity contribution is 7.98. The summed E-state index contributed by atoms with van der Waals surface area (Å²) in [6.07, 6.45) is 1.25. The monoisotopic (exact) mass is 419 g/mol. The van der Waals surface area contributed by atoms with Crippen LogP contribution in [-0.4, -0.2) is 21.6 Å². The normalized spacial score (nSPS) is 10.7. The lowest BCUT2D eigenvalue weighted by molar-refractivity contribution is -0.384. The molecule has 0 aliphatic rings. The van der Waals surface area contributed by atoms with E-state index in [0.717, 1.165) is 22.8 Å². The molecule has 0 saturated heterocycles. The Bertz CT molecular complexity index is 909. The molecule has 2 aromatic heterocycles. The second-order valence-corrected chi connectivity index (χ2v) is 8.53. The van der Waals surface area contributed by atoms with E-state index < -0.39 is 4.92 Å². The van der Waals surface area contributed by atoms with Crippen LogP contribution in [0.2, 0.25) is 0 Å². The fourth-order valence-electron chi connectivity index (χ4n) is 2.28. The van der Waals surface area contributed by atoms with Gasteiger partial charge in [-0.15, -0.1) is 22.7 Å². The molecule has 3 rings (SSSR count). The summed E-state index contributed by atoms with van der Waals surface area (Å²) in [7, 11) is 0. The number of nitrogens with one attached hydrogen (secondary N) is 1. The SMILES string of the molecule is O=C(CCCSCc1ccccc1)Nc1nc(-c2cc([N+](=O)[O-])cs2)cs1. The standard InChI is InChI=1S/C18H17N3O3S3/c22-17(7-4-8-25-10-13-5-2-1-3-6-13)20-18-19-15(12-27-18)16-9-14(11-26-16)21(23)24/h1-3,5-6,9,11-12H,4,7-8,10H2,(H,19,20,22). The number of nitro groups is 1. The molecule has 0 atom stereocenters. The Kier molecular flexibility index (Phi) is 6.97. The van der Waals surface area contributed by atoms with Crippen molar-refractivity contribution >= 4 is 51.2 Å². The topological polar surface area (TPSA) is 85.1 Å². The number of anilines is 1. The van der Waals surface area contributed by atoms with Gasteiger partial charge in [-0.2, -0.15) is 11.8 Å². The third kappa shape index (κ3) is 5.88. The Balaban J connectivity index is 1.40. The molecule has 0 unspecified atom stereocenters. The smallest absolute Gasteiger partial charge is 0.280 e. The first-order chi connectivity index (χ1) is 13.1. The van der Waals surface area contributed by atoms with E-state index in [0.29, 0.717) is 17.2 Å². The molecular weight excluding hydrogens is 402 g/mol. The van der Waals surface area contributed by atoms with Gasteiger partial charge in [-0.1, -0.05) is 30.3 Å². The summed E-state index contributed by atoms with van der Waals surface area (Å²) in [5.41, 5.74) is 1.99. The average molecular weight is 420 g/mol. The van der Waals surface area contributed by atoms with Crippen molar-refractivity contribution < 1.29 is 9.72 Å². The lowest BCUT2D eigenvalue weighted by Gasteiger charge is -2.03. The van der Waals surface area contributed by atoms with Crippen molar-refractivity contribution in [2.75, 3.05) is 11.1 Å². The number of carbonyl (C=O) groups is 1. The second kappa shape index (κ2) is 9.63. The van der Waals surface area contributed by atoms with E-state index in [2.05, 4.69) is 22.4 Å². The fraction of sp³-hybridized carbons (Fsp3) is 0.222. The van der Waals surface area contributed by atoms with Crippen LogP contribution in [0.1, 0.15) is 18.4 Å². The van der Waals surface area contributed by atoms with Crippen LogP contribution in [0.5, 0.6) is 0 Å². The highest BCUT2D eigenvalue weighted by Crippen LogP contribution is 2.32. The van der Waals surface area contributed by atoms with E-state index in [1.807, 2.05) is 30.0 Å². The third-order valence-electron chi connectivity index (χ3n) is 3.60. The maximum atomic E-state index is 12.0. The number of carbonyl (C=O) groups excluding carboxylic acids is 1. The number of rotatable bonds is 9. The Hall–Kier alpha value is -2.23. The minimum Gasteiger partial charge on any atom is -0.302 e. The predicted octanol–water partition coefficient (Wildman–Crippen LogP) is 5.43. The van der Waals surface area contributed by atoms with Crippen LogP contribution in [0.15, 0.2) is 47.2 Å². The largest absolute Gasteiger partial charge is 0.302 e. The molecule has 0 fully saturated rings. The van der Waals surface area contributed by atoms with Crippen LogP contribution in [0, 0.1) is 10.1 Å². The molecule has 0 radical (unpaired) electrons. The van der Waals surface area contributed by atoms with Gasteiger partial charge in [0.1, 0.15) is 0 Å². The highest BCUT2D eigenvalue weighted by Gasteiger charge is 2.14. The van der Waals surface area contributed by atoms with Gasteiger partial charge >= 0.3 is 0 Å². The van der Waals surface area contributed by atoms with Crippen molar-refractivity contribution in [2.24, 2.45) is 0 Å². The lowest BCUT2D eigenvalue weighted by atomic mass is 10.2. The summed E-state index contributed by atoms with van der Waals surface area (Å²) in [4.78, 5) is 27.4. The Labute approximate surface area is 168 Å². The number of nitrogens with zero attached hydrogens (tertiary/aromatic N) is 2. The number of aromatic nitrogens is 1. The number of benzene rings is 1. The van der Waals surface area contributed by atoms with Crippen molar-refractivity contribution in [1.29, 1.82) is 0 Å². The molecule has 3 aromatic rings. The first kappa shape index (κ1) is 19.5. The Morgan fingerprint density at radius 2 is 2.04 bits per heavy atom. The van der Waals surface area contributed by atoms with E-state index in [1.54, 1.807) is 5.38 Å². The van der Waals surface area contributed by atoms with Gasteiger partial charge in [0.05, 0.1) is 20.9 Å². The first-order valence-electron chi connectivity index (χ1n) is 8.22. The maximum Gasteiger partial charge on any atom is 0.280 e. The molecule has 0 spiro atoms. The number of thiazole rings is 1. The average Bonchev–Trinajstić information content (AvgIpc) is 3.31. The molecule has 9 heteroatoms. The molecule has 140 valence electrons. The lowest BCUT2D eigenvalue weighted by Crippen LogP contribution is -2.11. The first-order valence-corrected chi connectivity index (χ1v) is 11.1. The van der Waals surface area contributed by atoms with Gasteiger partial charge in [0.25, 0.3) is 5.69 Å². The molecule has 1 N–H and O–H groups in total. The van der Waals surface area contributed by atoms with E-state index in [4.69, 9.17) is 0 Å². The van der Waals surface area contributed by atoms with Gasteiger partial charge in [0.15, 0.2) is 5.13 Å². The molecule has 1 amide bonds. The summed E-state index contributed by atoms with van der Waals surface area (Å²) >= 11 is 4.40. The summed E-state index contributed by atoms with van der Waals surface area (Å²) in [5.74, 6) is 1.81.